The molecule has 1 aromatic carbocycles. The average molecular weight is 406 g/mol. The number of carbonyl (C=O) groups is 1. The van der Waals surface area contributed by atoms with Crippen molar-refractivity contribution in [3.8, 4) is 11.8 Å². The third-order valence-corrected chi connectivity index (χ3v) is 3.89. The number of aromatic nitrogens is 1. The van der Waals surface area contributed by atoms with Crippen LogP contribution in [0.1, 0.15) is 31.4 Å². The Balaban J connectivity index is 0.00000122. The lowest BCUT2D eigenvalue weighted by Crippen LogP contribution is -2.36. The number of halogens is 1. The number of hydroxylamine groups is 1. The molecule has 148 valence electrons. The summed E-state index contributed by atoms with van der Waals surface area (Å²) in [5.41, 5.74) is 1.04. The van der Waals surface area contributed by atoms with Crippen LogP contribution in [0.15, 0.2) is 47.4 Å². The van der Waals surface area contributed by atoms with Crippen LogP contribution in [0, 0.1) is 23.1 Å². The molecule has 1 heterocycles. The zero-order chi connectivity index (χ0) is 21.2. The molecule has 7 nitrogen and oxygen atoms in total. The molecule has 0 aliphatic carbocycles. The molecule has 0 radical (unpaired) electrons. The first-order valence-electron chi connectivity index (χ1n) is 8.08. The van der Waals surface area contributed by atoms with Gasteiger partial charge in [-0.15, -0.1) is 0 Å². The Kier molecular flexibility index (Phi) is 8.95. The summed E-state index contributed by atoms with van der Waals surface area (Å²) >= 11 is -0.750. The van der Waals surface area contributed by atoms with E-state index in [1.54, 1.807) is 31.5 Å². The second-order valence-electron chi connectivity index (χ2n) is 6.33. The fourth-order valence-corrected chi connectivity index (χ4v) is 2.14. The van der Waals surface area contributed by atoms with Gasteiger partial charge in [-0.2, -0.15) is 8.42 Å². The van der Waals surface area contributed by atoms with Crippen LogP contribution < -0.4 is 11.0 Å². The van der Waals surface area contributed by atoms with Gasteiger partial charge in [-0.05, 0) is 18.6 Å². The monoisotopic (exact) mass is 406 g/mol. The minimum absolute atomic E-state index is 0.0254. The third kappa shape index (κ3) is 6.90. The van der Waals surface area contributed by atoms with Gasteiger partial charge in [-0.25, -0.2) is 9.87 Å². The normalized spacial score (nSPS) is 10.0. The van der Waals surface area contributed by atoms with E-state index in [0.717, 1.165) is 17.8 Å². The van der Waals surface area contributed by atoms with Crippen LogP contribution in [0.5, 0.6) is 0 Å². The summed E-state index contributed by atoms with van der Waals surface area (Å²) < 4.78 is 32.0. The van der Waals surface area contributed by atoms with E-state index in [2.05, 4.69) is 11.8 Å². The molecular formula is C19H19FN2O5S. The van der Waals surface area contributed by atoms with Crippen molar-refractivity contribution in [2.45, 2.75) is 26.8 Å². The number of amides is 1. The fraction of sp³-hybridized carbons (Fsp3) is 0.263. The van der Waals surface area contributed by atoms with Crippen LogP contribution >= 0.6 is 0 Å². The number of pyridine rings is 1. The van der Waals surface area contributed by atoms with Gasteiger partial charge in [-0.1, -0.05) is 43.9 Å². The van der Waals surface area contributed by atoms with Gasteiger partial charge < -0.3 is 4.57 Å². The van der Waals surface area contributed by atoms with Gasteiger partial charge in [-0.3, -0.25) is 14.8 Å². The van der Waals surface area contributed by atoms with Crippen molar-refractivity contribution >= 4 is 17.5 Å². The highest BCUT2D eigenvalue weighted by Gasteiger charge is 2.27. The van der Waals surface area contributed by atoms with Crippen LogP contribution in [0.25, 0.3) is 0 Å². The molecule has 2 rings (SSSR count). The number of nitrogens with one attached hydrogen (secondary N) is 1. The summed E-state index contributed by atoms with van der Waals surface area (Å²) in [6.45, 7) is 3.39. The summed E-state index contributed by atoms with van der Waals surface area (Å²) in [5.74, 6) is 4.30. The predicted octanol–water partition coefficient (Wildman–Crippen LogP) is 1.64. The topological polar surface area (TPSA) is 105 Å². The van der Waals surface area contributed by atoms with E-state index in [4.69, 9.17) is 13.6 Å². The van der Waals surface area contributed by atoms with Gasteiger partial charge in [0.15, 0.2) is 5.82 Å². The van der Waals surface area contributed by atoms with E-state index in [0.29, 0.717) is 0 Å². The second kappa shape index (κ2) is 10.9. The van der Waals surface area contributed by atoms with Crippen molar-refractivity contribution in [3.05, 3.63) is 69.9 Å². The van der Waals surface area contributed by atoms with E-state index < -0.39 is 34.3 Å². The van der Waals surface area contributed by atoms with Crippen molar-refractivity contribution in [3.63, 3.8) is 0 Å². The van der Waals surface area contributed by atoms with Gasteiger partial charge in [0.25, 0.3) is 5.56 Å². The second-order valence-corrected chi connectivity index (χ2v) is 6.46. The van der Waals surface area contributed by atoms with E-state index in [-0.39, 0.29) is 18.5 Å². The number of hydrogen-bond acceptors (Lipinski definition) is 5. The third-order valence-electron chi connectivity index (χ3n) is 3.89. The van der Waals surface area contributed by atoms with Crippen LogP contribution in [-0.2, 0) is 22.9 Å². The Hall–Kier alpha value is -3.09. The number of nitrogens with zero attached hydrogens (tertiary/aromatic N) is 1. The van der Waals surface area contributed by atoms with Gasteiger partial charge in [0.1, 0.15) is 0 Å². The number of rotatable bonds is 4. The quantitative estimate of drug-likeness (QED) is 0.456. The van der Waals surface area contributed by atoms with Crippen molar-refractivity contribution in [1.82, 2.24) is 10.0 Å². The SMILES string of the molecule is CC(C)(CCn1cc(F)c(C#Cc2ccccc2)cc1=O)C(=O)NO.O=S=O. The molecule has 2 N–H and O–H groups in total. The van der Waals surface area contributed by atoms with Crippen LogP contribution in [0.3, 0.4) is 0 Å². The molecule has 0 fully saturated rings. The Morgan fingerprint density at radius 3 is 2.43 bits per heavy atom. The van der Waals surface area contributed by atoms with E-state index >= 15 is 0 Å². The number of carbonyl (C=O) groups excluding carboxylic acids is 1. The van der Waals surface area contributed by atoms with Crippen molar-refractivity contribution in [2.75, 3.05) is 0 Å². The Morgan fingerprint density at radius 2 is 1.86 bits per heavy atom. The molecule has 9 heteroatoms. The molecule has 0 saturated carbocycles. The first kappa shape index (κ1) is 23.0. The molecule has 1 amide bonds. The van der Waals surface area contributed by atoms with Crippen LogP contribution in [-0.4, -0.2) is 24.1 Å². The van der Waals surface area contributed by atoms with E-state index in [1.165, 1.54) is 4.57 Å². The van der Waals surface area contributed by atoms with Crippen molar-refractivity contribution < 1.29 is 22.8 Å². The maximum absolute atomic E-state index is 14.2. The molecule has 0 atom stereocenters. The number of hydrogen-bond donors (Lipinski definition) is 2. The molecule has 2 aromatic rings. The molecule has 0 spiro atoms. The van der Waals surface area contributed by atoms with Gasteiger partial charge in [0.2, 0.25) is 5.91 Å². The molecule has 1 aromatic heterocycles. The minimum Gasteiger partial charge on any atom is -0.312 e. The Bertz CT molecular complexity index is 971. The largest absolute Gasteiger partial charge is 0.335 e. The molecular weight excluding hydrogens is 387 g/mol. The Morgan fingerprint density at radius 1 is 1.25 bits per heavy atom. The van der Waals surface area contributed by atoms with E-state index in [1.807, 2.05) is 18.2 Å². The lowest BCUT2D eigenvalue weighted by molar-refractivity contribution is -0.138. The lowest BCUT2D eigenvalue weighted by atomic mass is 9.88. The minimum atomic E-state index is -0.892. The Labute approximate surface area is 164 Å². The van der Waals surface area contributed by atoms with E-state index in [9.17, 15) is 14.0 Å². The molecule has 0 unspecified atom stereocenters. The molecule has 0 bridgehead atoms. The number of aryl methyl sites for hydroxylation is 1. The zero-order valence-electron chi connectivity index (χ0n) is 15.3. The highest BCUT2D eigenvalue weighted by atomic mass is 32.1. The molecule has 0 saturated heterocycles. The van der Waals surface area contributed by atoms with Gasteiger partial charge in [0.05, 0.1) is 5.56 Å². The smallest absolute Gasteiger partial charge is 0.312 e. The average Bonchev–Trinajstić information content (AvgIpc) is 2.68. The first-order chi connectivity index (χ1) is 13.2. The summed E-state index contributed by atoms with van der Waals surface area (Å²) in [6, 6.07) is 10.2. The van der Waals surface area contributed by atoms with Crippen LogP contribution in [0.4, 0.5) is 4.39 Å². The van der Waals surface area contributed by atoms with Crippen molar-refractivity contribution in [1.29, 1.82) is 0 Å². The maximum atomic E-state index is 14.2. The number of benzene rings is 1. The van der Waals surface area contributed by atoms with Gasteiger partial charge in [0, 0.05) is 29.8 Å². The fourth-order valence-electron chi connectivity index (χ4n) is 2.14. The standard InChI is InChI=1S/C19H19FN2O3.O2S/c1-19(2,18(24)21-25)10-11-22-13-16(20)15(12-17(22)23)9-8-14-6-4-3-5-7-14;1-3-2/h3-7,12-13,25H,10-11H2,1-2H3,(H,21,24);. The maximum Gasteiger partial charge on any atom is 0.335 e. The first-order valence-corrected chi connectivity index (χ1v) is 8.75. The van der Waals surface area contributed by atoms with Gasteiger partial charge >= 0.3 is 11.6 Å². The summed E-state index contributed by atoms with van der Waals surface area (Å²) in [7, 11) is 0. The summed E-state index contributed by atoms with van der Waals surface area (Å²) in [6.07, 6.45) is 1.35. The van der Waals surface area contributed by atoms with Crippen molar-refractivity contribution in [2.24, 2.45) is 5.41 Å². The highest BCUT2D eigenvalue weighted by Crippen LogP contribution is 2.21. The molecule has 0 aliphatic rings. The lowest BCUT2D eigenvalue weighted by Gasteiger charge is -2.22. The summed E-state index contributed by atoms with van der Waals surface area (Å²) in [5, 5.41) is 8.71. The van der Waals surface area contributed by atoms with Crippen LogP contribution in [0.2, 0.25) is 0 Å². The molecule has 0 aliphatic heterocycles. The molecule has 28 heavy (non-hydrogen) atoms. The summed E-state index contributed by atoms with van der Waals surface area (Å²) in [4.78, 5) is 23.7. The highest BCUT2D eigenvalue weighted by molar-refractivity contribution is 7.51. The predicted molar refractivity (Wildman–Crippen MR) is 100 cm³/mol. The zero-order valence-corrected chi connectivity index (χ0v) is 16.1.